The summed E-state index contributed by atoms with van der Waals surface area (Å²) in [5.41, 5.74) is 3.56. The van der Waals surface area contributed by atoms with E-state index in [1.54, 1.807) is 51.0 Å². The van der Waals surface area contributed by atoms with Gasteiger partial charge in [-0.1, -0.05) is 12.1 Å². The Labute approximate surface area is 350 Å². The number of fused-ring (bicyclic) bond motifs is 2. The molecule has 0 saturated carbocycles. The zero-order chi connectivity index (χ0) is 42.3. The Balaban J connectivity index is 0.000000173. The number of nitrogens with zero attached hydrogens (tertiary/aromatic N) is 8. The first-order valence-corrected chi connectivity index (χ1v) is 20.3. The second-order valence-corrected chi connectivity index (χ2v) is 15.2. The molecule has 9 rings (SSSR count). The Morgan fingerprint density at radius 3 is 1.80 bits per heavy atom. The Kier molecular flexibility index (Phi) is 12.3. The number of carbonyl (C=O) groups excluding carboxylic acids is 2. The lowest BCUT2D eigenvalue weighted by molar-refractivity contribution is -0.130. The van der Waals surface area contributed by atoms with Gasteiger partial charge in [0.15, 0.2) is 34.9 Å². The molecule has 0 unspecified atom stereocenters. The number of pyridine rings is 2. The summed E-state index contributed by atoms with van der Waals surface area (Å²) in [6.45, 7) is 5.40. The number of halogens is 2. The van der Waals surface area contributed by atoms with Crippen LogP contribution in [0, 0.1) is 23.5 Å². The predicted molar refractivity (Wildman–Crippen MR) is 228 cm³/mol. The predicted octanol–water partition coefficient (Wildman–Crippen LogP) is 6.96. The molecule has 2 saturated heterocycles. The van der Waals surface area contributed by atoms with Crippen LogP contribution in [0.1, 0.15) is 43.0 Å². The second kappa shape index (κ2) is 18.5. The zero-order valence-corrected chi connectivity index (χ0v) is 33.9. The third-order valence-electron chi connectivity index (χ3n) is 11.1. The highest BCUT2D eigenvalue weighted by atomic mass is 19.1. The van der Waals surface area contributed by atoms with Crippen LogP contribution >= 0.6 is 0 Å². The van der Waals surface area contributed by atoms with Crippen LogP contribution in [0.15, 0.2) is 85.7 Å². The van der Waals surface area contributed by atoms with Gasteiger partial charge in [0, 0.05) is 92.9 Å². The number of hydrogen-bond donors (Lipinski definition) is 4. The Morgan fingerprint density at radius 1 is 0.738 bits per heavy atom. The van der Waals surface area contributed by atoms with Crippen LogP contribution in [0.4, 0.5) is 20.4 Å². The minimum Gasteiger partial charge on any atom is -0.496 e. The molecule has 1 aromatic carbocycles. The van der Waals surface area contributed by atoms with Crippen molar-refractivity contribution in [2.24, 2.45) is 11.8 Å². The molecule has 0 bridgehead atoms. The number of aromatic amines is 2. The molecule has 2 aliphatic rings. The van der Waals surface area contributed by atoms with E-state index < -0.39 is 11.6 Å². The SMILES string of the molecule is CC(=O)N1CCC[C@H](CNc2nc(-c3c[nH]c4ncccc34)ncc2F)C1.COc1ccccc1C(=O)N1CCC[C@H](CNc2nc(-c3c[nH]c4ncccc34)ncc2F)C1. The minimum atomic E-state index is -0.514. The Bertz CT molecular complexity index is 2650. The van der Waals surface area contributed by atoms with Gasteiger partial charge in [0.05, 0.1) is 25.1 Å². The van der Waals surface area contributed by atoms with E-state index in [1.165, 1.54) is 12.4 Å². The number of H-pyrrole nitrogens is 2. The third kappa shape index (κ3) is 9.25. The van der Waals surface area contributed by atoms with Crippen molar-refractivity contribution in [3.63, 3.8) is 0 Å². The molecule has 2 amide bonds. The smallest absolute Gasteiger partial charge is 0.257 e. The van der Waals surface area contributed by atoms with Crippen LogP contribution in [0.3, 0.4) is 0 Å². The number of aromatic nitrogens is 8. The van der Waals surface area contributed by atoms with Gasteiger partial charge >= 0.3 is 0 Å². The third-order valence-corrected chi connectivity index (χ3v) is 11.1. The van der Waals surface area contributed by atoms with E-state index in [0.29, 0.717) is 55.7 Å². The van der Waals surface area contributed by atoms with E-state index in [9.17, 15) is 18.4 Å². The molecule has 17 heteroatoms. The Hall–Kier alpha value is -7.04. The monoisotopic (exact) mass is 828 g/mol. The number of ether oxygens (including phenoxy) is 1. The molecular formula is C44H46F2N12O3. The average Bonchev–Trinajstić information content (AvgIpc) is 3.94. The molecule has 0 spiro atoms. The van der Waals surface area contributed by atoms with Crippen molar-refractivity contribution in [3.8, 4) is 28.5 Å². The summed E-state index contributed by atoms with van der Waals surface area (Å²) < 4.78 is 34.1. The molecule has 6 aromatic heterocycles. The first-order chi connectivity index (χ1) is 29.7. The molecule has 2 atom stereocenters. The highest BCUT2D eigenvalue weighted by molar-refractivity contribution is 5.97. The summed E-state index contributed by atoms with van der Waals surface area (Å²) in [5.74, 6) is 1.22. The number of nitrogens with one attached hydrogen (secondary N) is 4. The maximum atomic E-state index is 14.5. The van der Waals surface area contributed by atoms with Crippen molar-refractivity contribution >= 4 is 45.5 Å². The number of rotatable bonds is 10. The van der Waals surface area contributed by atoms with Crippen molar-refractivity contribution < 1.29 is 23.1 Å². The minimum absolute atomic E-state index is 0.0504. The number of piperidine rings is 2. The number of benzene rings is 1. The van der Waals surface area contributed by atoms with Crippen LogP contribution in [-0.4, -0.2) is 108 Å². The fourth-order valence-electron chi connectivity index (χ4n) is 7.93. The quantitative estimate of drug-likeness (QED) is 0.112. The van der Waals surface area contributed by atoms with E-state index in [4.69, 9.17) is 4.74 Å². The van der Waals surface area contributed by atoms with Gasteiger partial charge in [-0.15, -0.1) is 0 Å². The van der Waals surface area contributed by atoms with Crippen LogP contribution in [0.2, 0.25) is 0 Å². The molecule has 2 aliphatic heterocycles. The van der Waals surface area contributed by atoms with Gasteiger partial charge in [-0.3, -0.25) is 9.59 Å². The zero-order valence-electron chi connectivity index (χ0n) is 33.9. The molecule has 8 heterocycles. The van der Waals surface area contributed by atoms with E-state index in [1.807, 2.05) is 46.2 Å². The maximum absolute atomic E-state index is 14.5. The summed E-state index contributed by atoms with van der Waals surface area (Å²) in [6, 6.07) is 14.8. The number of para-hydroxylation sites is 1. The van der Waals surface area contributed by atoms with Gasteiger partial charge in [0.25, 0.3) is 5.91 Å². The second-order valence-electron chi connectivity index (χ2n) is 15.2. The largest absolute Gasteiger partial charge is 0.496 e. The first-order valence-electron chi connectivity index (χ1n) is 20.3. The fourth-order valence-corrected chi connectivity index (χ4v) is 7.93. The van der Waals surface area contributed by atoms with E-state index in [2.05, 4.69) is 50.5 Å². The lowest BCUT2D eigenvalue weighted by atomic mass is 9.97. The van der Waals surface area contributed by atoms with Crippen molar-refractivity contribution in [1.29, 1.82) is 0 Å². The number of anilines is 2. The van der Waals surface area contributed by atoms with Gasteiger partial charge in [-0.25, -0.2) is 38.7 Å². The molecule has 15 nitrogen and oxygen atoms in total. The van der Waals surface area contributed by atoms with E-state index in [-0.39, 0.29) is 35.3 Å². The molecular weight excluding hydrogens is 783 g/mol. The summed E-state index contributed by atoms with van der Waals surface area (Å²) >= 11 is 0. The van der Waals surface area contributed by atoms with Crippen molar-refractivity contribution in [1.82, 2.24) is 49.7 Å². The topological polar surface area (TPSA) is 183 Å². The first kappa shape index (κ1) is 40.7. The molecule has 4 N–H and O–H groups in total. The summed E-state index contributed by atoms with van der Waals surface area (Å²) in [5, 5.41) is 8.00. The lowest BCUT2D eigenvalue weighted by Gasteiger charge is -2.33. The van der Waals surface area contributed by atoms with Gasteiger partial charge in [-0.05, 0) is 73.9 Å². The molecule has 61 heavy (non-hydrogen) atoms. The lowest BCUT2D eigenvalue weighted by Crippen LogP contribution is -2.42. The van der Waals surface area contributed by atoms with Gasteiger partial charge in [0.1, 0.15) is 17.0 Å². The van der Waals surface area contributed by atoms with Crippen LogP contribution in [-0.2, 0) is 4.79 Å². The molecule has 314 valence electrons. The van der Waals surface area contributed by atoms with Crippen molar-refractivity contribution in [2.75, 3.05) is 57.0 Å². The van der Waals surface area contributed by atoms with Gasteiger partial charge in [0.2, 0.25) is 5.91 Å². The average molecular weight is 829 g/mol. The van der Waals surface area contributed by atoms with Crippen molar-refractivity contribution in [3.05, 3.63) is 103 Å². The Morgan fingerprint density at radius 2 is 1.26 bits per heavy atom. The number of hydrogen-bond acceptors (Lipinski definition) is 11. The van der Waals surface area contributed by atoms with Crippen molar-refractivity contribution in [2.45, 2.75) is 32.6 Å². The van der Waals surface area contributed by atoms with Gasteiger partial charge < -0.3 is 35.1 Å². The van der Waals surface area contributed by atoms with E-state index in [0.717, 1.165) is 65.4 Å². The van der Waals surface area contributed by atoms with Crippen LogP contribution < -0.4 is 15.4 Å². The molecule has 0 aliphatic carbocycles. The number of methoxy groups -OCH3 is 1. The molecule has 7 aromatic rings. The van der Waals surface area contributed by atoms with Gasteiger partial charge in [-0.2, -0.15) is 0 Å². The number of likely N-dealkylation sites (tertiary alicyclic amines) is 2. The maximum Gasteiger partial charge on any atom is 0.257 e. The number of carbonyl (C=O) groups is 2. The highest BCUT2D eigenvalue weighted by Crippen LogP contribution is 2.29. The summed E-state index contributed by atoms with van der Waals surface area (Å²) in [4.78, 5) is 60.1. The number of amides is 2. The standard InChI is InChI=1S/C25H25FN6O2.C19H21FN6O/c1-34-21-9-3-2-7-18(21)25(33)32-11-5-6-16(15-32)12-28-24-20(26)14-30-23(31-24)19-13-29-22-17(19)8-4-10-27-22;1-12(27)26-7-3-4-13(11-26)8-22-19-16(20)10-24-18(25-19)15-9-23-17-14(15)5-2-6-21-17/h2-4,7-10,13-14,16H,5-6,11-12,15H2,1H3,(H,27,29)(H,28,30,31);2,5-6,9-10,13H,3-4,7-8,11H2,1H3,(H,21,23)(H,22,24,25)/t16-;13-/m11/s1. The molecule has 0 radical (unpaired) electrons. The fraction of sp³-hybridized carbons (Fsp3) is 0.318. The summed E-state index contributed by atoms with van der Waals surface area (Å²) in [6.07, 6.45) is 13.1. The normalized spacial score (nSPS) is 16.5. The van der Waals surface area contributed by atoms with E-state index >= 15 is 0 Å². The molecule has 2 fully saturated rings. The van der Waals surface area contributed by atoms with Crippen LogP contribution in [0.5, 0.6) is 5.75 Å². The highest BCUT2D eigenvalue weighted by Gasteiger charge is 2.27. The van der Waals surface area contributed by atoms with Crippen LogP contribution in [0.25, 0.3) is 44.8 Å². The summed E-state index contributed by atoms with van der Waals surface area (Å²) in [7, 11) is 1.56.